The molecule has 4 heteroatoms. The minimum Gasteiger partial charge on any atom is -0.469 e. The number of carbonyl (C=O) groups is 2. The van der Waals surface area contributed by atoms with E-state index in [1.807, 2.05) is 0 Å². The smallest absolute Gasteiger partial charge is 0.309 e. The molecule has 6 aliphatic rings. The Morgan fingerprint density at radius 3 is 1.17 bits per heavy atom. The van der Waals surface area contributed by atoms with Crippen molar-refractivity contribution in [2.45, 2.75) is 0 Å². The highest BCUT2D eigenvalue weighted by molar-refractivity contribution is 5.84. The number of esters is 2. The van der Waals surface area contributed by atoms with Crippen LogP contribution >= 0.6 is 0 Å². The average Bonchev–Trinajstić information content (AvgIpc) is 2.36. The van der Waals surface area contributed by atoms with Crippen LogP contribution in [0.3, 0.4) is 0 Å². The first-order chi connectivity index (χ1) is 8.72. The highest BCUT2D eigenvalue weighted by atomic mass is 16.5. The van der Waals surface area contributed by atoms with Crippen LogP contribution in [-0.4, -0.2) is 26.2 Å². The van der Waals surface area contributed by atoms with Crippen LogP contribution in [0.4, 0.5) is 0 Å². The SMILES string of the molecule is COC(=O)[C@@H]1C2[C@H]3C4C5[C@@H]3C([C@H]5[C@H]42)[C@@H]1C(=O)OC. The molecule has 0 N–H and O–H groups in total. The van der Waals surface area contributed by atoms with Crippen LogP contribution in [-0.2, 0) is 19.1 Å². The Kier molecular flexibility index (Phi) is 1.42. The summed E-state index contributed by atoms with van der Waals surface area (Å²) in [5.41, 5.74) is 0. The summed E-state index contributed by atoms with van der Waals surface area (Å²) in [6.45, 7) is 0. The molecule has 0 spiro atoms. The lowest BCUT2D eigenvalue weighted by molar-refractivity contribution is -0.479. The van der Waals surface area contributed by atoms with Gasteiger partial charge < -0.3 is 9.47 Å². The highest BCUT2D eigenvalue weighted by Crippen LogP contribution is 2.93. The lowest BCUT2D eigenvalue weighted by Crippen LogP contribution is -2.93. The van der Waals surface area contributed by atoms with Crippen LogP contribution in [0.2, 0.25) is 0 Å². The molecule has 6 aliphatic carbocycles. The molecule has 0 aromatic rings. The molecule has 0 aromatic carbocycles. The third kappa shape index (κ3) is 0.648. The van der Waals surface area contributed by atoms with E-state index < -0.39 is 0 Å². The minimum absolute atomic E-state index is 0.189. The van der Waals surface area contributed by atoms with Crippen molar-refractivity contribution in [3.05, 3.63) is 0 Å². The van der Waals surface area contributed by atoms with Gasteiger partial charge in [0.2, 0.25) is 0 Å². The predicted octanol–water partition coefficient (Wildman–Crippen LogP) is 0.562. The van der Waals surface area contributed by atoms with Crippen molar-refractivity contribution in [3.63, 3.8) is 0 Å². The van der Waals surface area contributed by atoms with E-state index in [9.17, 15) is 9.59 Å². The van der Waals surface area contributed by atoms with Gasteiger partial charge in [-0.2, -0.15) is 0 Å². The van der Waals surface area contributed by atoms with Crippen LogP contribution in [0.5, 0.6) is 0 Å². The maximum Gasteiger partial charge on any atom is 0.309 e. The summed E-state index contributed by atoms with van der Waals surface area (Å²) in [5, 5.41) is 0. The summed E-state index contributed by atoms with van der Waals surface area (Å²) < 4.78 is 9.90. The Balaban J connectivity index is 1.56. The normalized spacial score (nSPS) is 63.4. The molecular formula is C14H16O4. The largest absolute Gasteiger partial charge is 0.469 e. The van der Waals surface area contributed by atoms with Crippen LogP contribution in [0.15, 0.2) is 0 Å². The zero-order valence-electron chi connectivity index (χ0n) is 10.4. The molecular weight excluding hydrogens is 232 g/mol. The van der Waals surface area contributed by atoms with E-state index in [0.717, 1.165) is 35.5 Å². The van der Waals surface area contributed by atoms with Crippen molar-refractivity contribution >= 4 is 11.9 Å². The van der Waals surface area contributed by atoms with Gasteiger partial charge in [0, 0.05) is 0 Å². The first-order valence-corrected chi connectivity index (χ1v) is 6.88. The summed E-state index contributed by atoms with van der Waals surface area (Å²) in [5.74, 6) is 4.81. The van der Waals surface area contributed by atoms with E-state index in [4.69, 9.17) is 9.47 Å². The number of hydrogen-bond acceptors (Lipinski definition) is 4. The van der Waals surface area contributed by atoms with E-state index in [2.05, 4.69) is 0 Å². The van der Waals surface area contributed by atoms with E-state index in [0.29, 0.717) is 11.8 Å². The summed E-state index contributed by atoms with van der Waals surface area (Å²) in [6.07, 6.45) is 0. The second kappa shape index (κ2) is 2.61. The second-order valence-corrected chi connectivity index (χ2v) is 6.72. The monoisotopic (exact) mass is 248 g/mol. The first kappa shape index (κ1) is 9.82. The van der Waals surface area contributed by atoms with Gasteiger partial charge in [0.1, 0.15) is 0 Å². The molecule has 0 aliphatic heterocycles. The Hall–Kier alpha value is -1.06. The topological polar surface area (TPSA) is 52.6 Å². The van der Waals surface area contributed by atoms with E-state index in [1.165, 1.54) is 14.2 Å². The van der Waals surface area contributed by atoms with Gasteiger partial charge in [0.25, 0.3) is 0 Å². The maximum absolute atomic E-state index is 12.1. The third-order valence-corrected chi connectivity index (χ3v) is 7.05. The molecule has 2 bridgehead atoms. The molecule has 6 fully saturated rings. The lowest BCUT2D eigenvalue weighted by atomic mass is 9.09. The van der Waals surface area contributed by atoms with Crippen molar-refractivity contribution in [2.75, 3.05) is 14.2 Å². The lowest BCUT2D eigenvalue weighted by Gasteiger charge is -2.94. The van der Waals surface area contributed by atoms with E-state index in [1.54, 1.807) is 0 Å². The zero-order chi connectivity index (χ0) is 12.3. The number of fused-ring (bicyclic) bond motifs is 1. The standard InChI is InChI=1S/C14H16O4/c1-17-13(15)11-9-5-3-4-7(5)10(8(4)6(3)9)12(11)14(16)18-2/h3-12H,1-2H3/t3?,4?,5-,6-,7-,8+,9?,10?,11+,12-/m0/s1. The predicted molar refractivity (Wildman–Crippen MR) is 58.9 cm³/mol. The quantitative estimate of drug-likeness (QED) is 0.670. The molecule has 0 radical (unpaired) electrons. The van der Waals surface area contributed by atoms with Crippen molar-refractivity contribution in [1.29, 1.82) is 0 Å². The highest BCUT2D eigenvalue weighted by Gasteiger charge is 2.92. The van der Waals surface area contributed by atoms with Crippen LogP contribution in [0.1, 0.15) is 0 Å². The molecule has 10 atom stereocenters. The van der Waals surface area contributed by atoms with Gasteiger partial charge in [-0.15, -0.1) is 0 Å². The Morgan fingerprint density at radius 2 is 0.889 bits per heavy atom. The zero-order valence-corrected chi connectivity index (χ0v) is 10.4. The molecule has 18 heavy (non-hydrogen) atoms. The first-order valence-electron chi connectivity index (χ1n) is 6.88. The molecule has 6 rings (SSSR count). The molecule has 4 nitrogen and oxygen atoms in total. The van der Waals surface area contributed by atoms with Crippen LogP contribution in [0, 0.1) is 59.2 Å². The Bertz CT molecular complexity index is 422. The van der Waals surface area contributed by atoms with Crippen molar-refractivity contribution in [3.8, 4) is 0 Å². The third-order valence-electron chi connectivity index (χ3n) is 7.05. The van der Waals surface area contributed by atoms with Gasteiger partial charge >= 0.3 is 11.9 Å². The summed E-state index contributed by atoms with van der Waals surface area (Å²) in [6, 6.07) is 0. The van der Waals surface area contributed by atoms with Gasteiger partial charge in [-0.1, -0.05) is 0 Å². The molecule has 0 amide bonds. The second-order valence-electron chi connectivity index (χ2n) is 6.72. The fraction of sp³-hybridized carbons (Fsp3) is 0.857. The molecule has 4 unspecified atom stereocenters. The number of methoxy groups -OCH3 is 2. The van der Waals surface area contributed by atoms with Crippen LogP contribution < -0.4 is 0 Å². The Labute approximate surface area is 105 Å². The van der Waals surface area contributed by atoms with Gasteiger partial charge in [-0.25, -0.2) is 0 Å². The van der Waals surface area contributed by atoms with E-state index in [-0.39, 0.29) is 23.8 Å². The molecule has 0 saturated heterocycles. The van der Waals surface area contributed by atoms with Gasteiger partial charge in [-0.3, -0.25) is 9.59 Å². The van der Waals surface area contributed by atoms with Gasteiger partial charge in [0.15, 0.2) is 0 Å². The average molecular weight is 248 g/mol. The van der Waals surface area contributed by atoms with Crippen molar-refractivity contribution < 1.29 is 19.1 Å². The number of carbonyl (C=O) groups excluding carboxylic acids is 2. The van der Waals surface area contributed by atoms with Gasteiger partial charge in [0.05, 0.1) is 26.1 Å². The summed E-state index contributed by atoms with van der Waals surface area (Å²) in [7, 11) is 2.86. The number of ether oxygens (including phenoxy) is 2. The van der Waals surface area contributed by atoms with Crippen molar-refractivity contribution in [1.82, 2.24) is 0 Å². The number of hydrogen-bond donors (Lipinski definition) is 0. The van der Waals surface area contributed by atoms with Crippen LogP contribution in [0.25, 0.3) is 0 Å². The Morgan fingerprint density at radius 1 is 0.611 bits per heavy atom. The fourth-order valence-electron chi connectivity index (χ4n) is 6.87. The molecule has 6 saturated carbocycles. The van der Waals surface area contributed by atoms with Crippen molar-refractivity contribution in [2.24, 2.45) is 59.2 Å². The number of rotatable bonds is 2. The minimum atomic E-state index is -0.215. The van der Waals surface area contributed by atoms with E-state index >= 15 is 0 Å². The van der Waals surface area contributed by atoms with Gasteiger partial charge in [-0.05, 0) is 47.3 Å². The summed E-state index contributed by atoms with van der Waals surface area (Å²) >= 11 is 0. The maximum atomic E-state index is 12.1. The molecule has 0 heterocycles. The summed E-state index contributed by atoms with van der Waals surface area (Å²) in [4.78, 5) is 24.1. The fourth-order valence-corrected chi connectivity index (χ4v) is 6.87. The molecule has 0 aromatic heterocycles. The molecule has 96 valence electrons.